The Kier molecular flexibility index (Phi) is 5.17. The van der Waals surface area contributed by atoms with Crippen LogP contribution in [-0.4, -0.2) is 49.2 Å². The van der Waals surface area contributed by atoms with Gasteiger partial charge in [0.05, 0.1) is 31.2 Å². The van der Waals surface area contributed by atoms with Gasteiger partial charge >= 0.3 is 5.97 Å². The minimum absolute atomic E-state index is 0.0587. The predicted octanol–water partition coefficient (Wildman–Crippen LogP) is 1.38. The first-order chi connectivity index (χ1) is 9.59. The number of hydrogen-bond acceptors (Lipinski definition) is 4. The summed E-state index contributed by atoms with van der Waals surface area (Å²) in [5.41, 5.74) is 0. The summed E-state index contributed by atoms with van der Waals surface area (Å²) in [5, 5.41) is 0. The van der Waals surface area contributed by atoms with Crippen molar-refractivity contribution < 1.29 is 19.1 Å². The second-order valence-electron chi connectivity index (χ2n) is 5.58. The average Bonchev–Trinajstić information content (AvgIpc) is 2.46. The van der Waals surface area contributed by atoms with E-state index in [4.69, 9.17) is 9.47 Å². The van der Waals surface area contributed by atoms with Gasteiger partial charge in [0.1, 0.15) is 0 Å². The van der Waals surface area contributed by atoms with Crippen LogP contribution in [0.15, 0.2) is 12.2 Å². The maximum absolute atomic E-state index is 12.6. The van der Waals surface area contributed by atoms with Crippen LogP contribution in [0.25, 0.3) is 0 Å². The number of carbonyl (C=O) groups is 2. The second kappa shape index (κ2) is 6.88. The Bertz CT molecular complexity index is 385. The molecule has 0 spiro atoms. The van der Waals surface area contributed by atoms with E-state index < -0.39 is 0 Å². The molecule has 0 aromatic heterocycles. The van der Waals surface area contributed by atoms with Crippen LogP contribution in [0.3, 0.4) is 0 Å². The molecule has 112 valence electrons. The second-order valence-corrected chi connectivity index (χ2v) is 5.58. The van der Waals surface area contributed by atoms with Crippen LogP contribution in [0.1, 0.15) is 26.7 Å². The summed E-state index contributed by atoms with van der Waals surface area (Å²) in [5.74, 6) is -0.832. The molecule has 1 fully saturated rings. The number of morpholine rings is 1. The fourth-order valence-corrected chi connectivity index (χ4v) is 2.69. The standard InChI is InChI=1S/C15H23NO4/c1-11(2)20-15(18)13-6-4-3-5-12(13)14(17)16-7-9-19-10-8-16/h3-4,11-13H,5-10H2,1-2H3/t12-,13-/m1/s1. The number of carbonyl (C=O) groups excluding carboxylic acids is 2. The fourth-order valence-electron chi connectivity index (χ4n) is 2.69. The van der Waals surface area contributed by atoms with Crippen LogP contribution in [-0.2, 0) is 19.1 Å². The summed E-state index contributed by atoms with van der Waals surface area (Å²) >= 11 is 0. The summed E-state index contributed by atoms with van der Waals surface area (Å²) in [6.07, 6.45) is 5.02. The molecule has 5 nitrogen and oxygen atoms in total. The zero-order valence-electron chi connectivity index (χ0n) is 12.2. The van der Waals surface area contributed by atoms with Crippen molar-refractivity contribution in [2.24, 2.45) is 11.8 Å². The quantitative estimate of drug-likeness (QED) is 0.579. The van der Waals surface area contributed by atoms with Crippen LogP contribution >= 0.6 is 0 Å². The molecule has 0 unspecified atom stereocenters. The van der Waals surface area contributed by atoms with Gasteiger partial charge in [0.2, 0.25) is 5.91 Å². The summed E-state index contributed by atoms with van der Waals surface area (Å²) in [7, 11) is 0. The molecule has 0 aromatic rings. The SMILES string of the molecule is CC(C)OC(=O)[C@@H]1CC=CC[C@H]1C(=O)N1CCOCC1. The average molecular weight is 281 g/mol. The Morgan fingerprint density at radius 1 is 1.15 bits per heavy atom. The van der Waals surface area contributed by atoms with Gasteiger partial charge in [-0.1, -0.05) is 12.2 Å². The van der Waals surface area contributed by atoms with Crippen molar-refractivity contribution in [1.82, 2.24) is 4.90 Å². The number of amides is 1. The maximum Gasteiger partial charge on any atom is 0.310 e. The molecule has 1 aliphatic carbocycles. The molecule has 1 heterocycles. The van der Waals surface area contributed by atoms with Crippen molar-refractivity contribution in [1.29, 1.82) is 0 Å². The molecule has 1 amide bonds. The molecule has 1 saturated heterocycles. The number of allylic oxidation sites excluding steroid dienone is 2. The number of ether oxygens (including phenoxy) is 2. The van der Waals surface area contributed by atoms with Gasteiger partial charge in [0.15, 0.2) is 0 Å². The van der Waals surface area contributed by atoms with Gasteiger partial charge in [0, 0.05) is 13.1 Å². The smallest absolute Gasteiger partial charge is 0.310 e. The zero-order valence-corrected chi connectivity index (χ0v) is 12.2. The third kappa shape index (κ3) is 3.60. The van der Waals surface area contributed by atoms with E-state index in [0.717, 1.165) is 0 Å². The first-order valence-corrected chi connectivity index (χ1v) is 7.31. The van der Waals surface area contributed by atoms with Crippen LogP contribution in [0, 0.1) is 11.8 Å². The Labute approximate surface area is 119 Å². The Balaban J connectivity index is 2.04. The normalized spacial score (nSPS) is 26.6. The van der Waals surface area contributed by atoms with Crippen molar-refractivity contribution >= 4 is 11.9 Å². The maximum atomic E-state index is 12.6. The monoisotopic (exact) mass is 281 g/mol. The Hall–Kier alpha value is -1.36. The number of esters is 1. The van der Waals surface area contributed by atoms with Gasteiger partial charge in [-0.2, -0.15) is 0 Å². The topological polar surface area (TPSA) is 55.8 Å². The number of rotatable bonds is 3. The summed E-state index contributed by atoms with van der Waals surface area (Å²) in [6.45, 7) is 6.05. The number of hydrogen-bond donors (Lipinski definition) is 0. The van der Waals surface area contributed by atoms with E-state index in [1.54, 1.807) is 0 Å². The van der Waals surface area contributed by atoms with Crippen LogP contribution in [0.2, 0.25) is 0 Å². The van der Waals surface area contributed by atoms with Gasteiger partial charge in [-0.15, -0.1) is 0 Å². The Morgan fingerprint density at radius 3 is 2.35 bits per heavy atom. The summed E-state index contributed by atoms with van der Waals surface area (Å²) < 4.78 is 10.6. The van der Waals surface area contributed by atoms with Crippen LogP contribution in [0.5, 0.6) is 0 Å². The van der Waals surface area contributed by atoms with Crippen LogP contribution < -0.4 is 0 Å². The van der Waals surface area contributed by atoms with E-state index in [-0.39, 0.29) is 29.8 Å². The van der Waals surface area contributed by atoms with Crippen molar-refractivity contribution in [3.63, 3.8) is 0 Å². The molecular formula is C15H23NO4. The zero-order chi connectivity index (χ0) is 14.5. The van der Waals surface area contributed by atoms with Gasteiger partial charge in [-0.05, 0) is 26.7 Å². The molecule has 20 heavy (non-hydrogen) atoms. The minimum atomic E-state index is -0.349. The largest absolute Gasteiger partial charge is 0.463 e. The lowest BCUT2D eigenvalue weighted by Gasteiger charge is -2.34. The van der Waals surface area contributed by atoms with E-state index in [2.05, 4.69) is 0 Å². The van der Waals surface area contributed by atoms with Crippen molar-refractivity contribution in [2.45, 2.75) is 32.8 Å². The van der Waals surface area contributed by atoms with Gasteiger partial charge in [0.25, 0.3) is 0 Å². The van der Waals surface area contributed by atoms with E-state index in [1.807, 2.05) is 30.9 Å². The summed E-state index contributed by atoms with van der Waals surface area (Å²) in [4.78, 5) is 26.5. The van der Waals surface area contributed by atoms with Crippen molar-refractivity contribution in [3.8, 4) is 0 Å². The molecule has 2 aliphatic rings. The van der Waals surface area contributed by atoms with E-state index in [1.165, 1.54) is 0 Å². The molecule has 0 N–H and O–H groups in total. The number of nitrogens with zero attached hydrogens (tertiary/aromatic N) is 1. The Morgan fingerprint density at radius 2 is 1.75 bits per heavy atom. The van der Waals surface area contributed by atoms with Crippen molar-refractivity contribution in [3.05, 3.63) is 12.2 Å². The molecule has 2 rings (SSSR count). The first-order valence-electron chi connectivity index (χ1n) is 7.31. The van der Waals surface area contributed by atoms with Gasteiger partial charge in [-0.25, -0.2) is 0 Å². The highest BCUT2D eigenvalue weighted by atomic mass is 16.5. The molecule has 1 aliphatic heterocycles. The molecular weight excluding hydrogens is 258 g/mol. The third-order valence-corrected chi connectivity index (χ3v) is 3.73. The van der Waals surface area contributed by atoms with E-state index >= 15 is 0 Å². The lowest BCUT2D eigenvalue weighted by atomic mass is 9.82. The highest BCUT2D eigenvalue weighted by Gasteiger charge is 2.37. The minimum Gasteiger partial charge on any atom is -0.463 e. The highest BCUT2D eigenvalue weighted by molar-refractivity contribution is 5.86. The predicted molar refractivity (Wildman–Crippen MR) is 74.0 cm³/mol. The third-order valence-electron chi connectivity index (χ3n) is 3.73. The lowest BCUT2D eigenvalue weighted by Crippen LogP contribution is -2.47. The molecule has 0 saturated carbocycles. The van der Waals surface area contributed by atoms with Gasteiger partial charge < -0.3 is 14.4 Å². The molecule has 2 atom stereocenters. The molecule has 5 heteroatoms. The lowest BCUT2D eigenvalue weighted by molar-refractivity contribution is -0.159. The van der Waals surface area contributed by atoms with Gasteiger partial charge in [-0.3, -0.25) is 9.59 Å². The molecule has 0 bridgehead atoms. The molecule has 0 aromatic carbocycles. The van der Waals surface area contributed by atoms with Crippen LogP contribution in [0.4, 0.5) is 0 Å². The van der Waals surface area contributed by atoms with Crippen molar-refractivity contribution in [2.75, 3.05) is 26.3 Å². The van der Waals surface area contributed by atoms with E-state index in [0.29, 0.717) is 39.1 Å². The summed E-state index contributed by atoms with van der Waals surface area (Å²) in [6, 6.07) is 0. The van der Waals surface area contributed by atoms with E-state index in [9.17, 15) is 9.59 Å². The molecule has 0 radical (unpaired) electrons. The highest BCUT2D eigenvalue weighted by Crippen LogP contribution is 2.29. The first kappa shape index (κ1) is 15.0. The fraction of sp³-hybridized carbons (Fsp3) is 0.733.